The molecule has 12 nitrogen and oxygen atoms in total. The van der Waals surface area contributed by atoms with Gasteiger partial charge < -0.3 is 39.1 Å². The summed E-state index contributed by atoms with van der Waals surface area (Å²) in [6, 6.07) is 15.4. The average molecular weight is 655 g/mol. The van der Waals surface area contributed by atoms with E-state index in [-0.39, 0.29) is 56.1 Å². The van der Waals surface area contributed by atoms with E-state index in [4.69, 9.17) is 28.4 Å². The summed E-state index contributed by atoms with van der Waals surface area (Å²) in [4.78, 5) is 46.6. The first kappa shape index (κ1) is 38.2. The second kappa shape index (κ2) is 18.8. The van der Waals surface area contributed by atoms with Crippen molar-refractivity contribution >= 4 is 24.1 Å². The minimum absolute atomic E-state index is 0.0172. The van der Waals surface area contributed by atoms with Gasteiger partial charge in [0, 0.05) is 16.6 Å². The van der Waals surface area contributed by atoms with Gasteiger partial charge in [-0.15, -0.1) is 0 Å². The molecule has 0 heterocycles. The number of benzene rings is 2. The molecular weight excluding hydrogens is 608 g/mol. The topological polar surface area (TPSA) is 148 Å². The number of carbonyl (C=O) groups is 4. The van der Waals surface area contributed by atoms with Crippen molar-refractivity contribution in [1.82, 2.24) is 10.6 Å². The molecule has 0 aliphatic carbocycles. The van der Waals surface area contributed by atoms with Crippen LogP contribution in [-0.4, -0.2) is 75.9 Å². The van der Waals surface area contributed by atoms with Crippen molar-refractivity contribution in [2.45, 2.75) is 59.2 Å². The second-order valence-electron chi connectivity index (χ2n) is 11.4. The van der Waals surface area contributed by atoms with Crippen molar-refractivity contribution in [2.75, 3.05) is 39.5 Å². The van der Waals surface area contributed by atoms with Crippen LogP contribution in [0.2, 0.25) is 0 Å². The molecule has 0 saturated carbocycles. The van der Waals surface area contributed by atoms with Crippen molar-refractivity contribution in [2.24, 2.45) is 0 Å². The molecule has 2 aromatic rings. The predicted octanol–water partition coefficient (Wildman–Crippen LogP) is 5.24. The van der Waals surface area contributed by atoms with Gasteiger partial charge in [0.25, 0.3) is 0 Å². The molecule has 0 fully saturated rings. The number of hydrogen-bond donors (Lipinski definition) is 2. The molecule has 0 spiro atoms. The van der Waals surface area contributed by atoms with E-state index < -0.39 is 36.3 Å². The Morgan fingerprint density at radius 1 is 0.660 bits per heavy atom. The van der Waals surface area contributed by atoms with Crippen LogP contribution in [0.3, 0.4) is 0 Å². The van der Waals surface area contributed by atoms with Crippen LogP contribution < -0.4 is 20.1 Å². The van der Waals surface area contributed by atoms with Crippen molar-refractivity contribution in [3.63, 3.8) is 0 Å². The highest BCUT2D eigenvalue weighted by Gasteiger charge is 2.23. The van der Waals surface area contributed by atoms with Crippen LogP contribution in [0.25, 0.3) is 0 Å². The van der Waals surface area contributed by atoms with Crippen LogP contribution in [0.5, 0.6) is 11.5 Å². The minimum Gasteiger partial charge on any atom is -0.490 e. The molecule has 0 aliphatic rings. The summed E-state index contributed by atoms with van der Waals surface area (Å²) in [5.41, 5.74) is 2.38. The molecule has 256 valence electrons. The number of alkyl carbamates (subject to hydrolysis) is 2. The van der Waals surface area contributed by atoms with E-state index in [0.717, 1.165) is 11.1 Å². The standard InChI is InChI=1S/C35H46N2O10/c1-23(2)31(38)42-19-17-36-33(40)46-25(5)21-44-29-13-9-27(10-14-29)35(7,8)28-11-15-30(16-12-28)45-22-26(6)47-34(41)37-18-20-43-32(39)24(3)4/h9-16,25-26H,1,3,17-22H2,2,4-8H3,(H,36,40)(H,37,41). The highest BCUT2D eigenvalue weighted by atomic mass is 16.6. The van der Waals surface area contributed by atoms with E-state index in [1.165, 1.54) is 0 Å². The number of esters is 2. The van der Waals surface area contributed by atoms with Crippen molar-refractivity contribution < 1.29 is 47.6 Å². The molecule has 0 aromatic heterocycles. The third-order valence-corrected chi connectivity index (χ3v) is 6.64. The predicted molar refractivity (Wildman–Crippen MR) is 175 cm³/mol. The maximum Gasteiger partial charge on any atom is 0.407 e. The fraction of sp³-hybridized carbons (Fsp3) is 0.429. The van der Waals surface area contributed by atoms with Gasteiger partial charge in [-0.2, -0.15) is 0 Å². The Kier molecular flexibility index (Phi) is 15.3. The lowest BCUT2D eigenvalue weighted by molar-refractivity contribution is -0.139. The number of carbonyl (C=O) groups excluding carboxylic acids is 4. The SMILES string of the molecule is C=C(C)C(=O)OCCNC(=O)OC(C)COc1ccc(C(C)(C)c2ccc(OCC(C)OC(=O)NCCOC(=O)C(=C)C)cc2)cc1. The number of amides is 2. The molecule has 47 heavy (non-hydrogen) atoms. The zero-order valence-corrected chi connectivity index (χ0v) is 28.0. The van der Waals surface area contributed by atoms with E-state index in [9.17, 15) is 19.2 Å². The highest BCUT2D eigenvalue weighted by Crippen LogP contribution is 2.33. The van der Waals surface area contributed by atoms with E-state index in [2.05, 4.69) is 37.6 Å². The number of hydrogen-bond acceptors (Lipinski definition) is 10. The Morgan fingerprint density at radius 2 is 1.00 bits per heavy atom. The average Bonchev–Trinajstić information content (AvgIpc) is 3.03. The monoisotopic (exact) mass is 654 g/mol. The van der Waals surface area contributed by atoms with Crippen LogP contribution in [0.1, 0.15) is 52.7 Å². The smallest absolute Gasteiger partial charge is 0.407 e. The number of nitrogens with one attached hydrogen (secondary N) is 2. The summed E-state index contributed by atoms with van der Waals surface area (Å²) in [5, 5.41) is 5.03. The Morgan fingerprint density at radius 3 is 1.32 bits per heavy atom. The Hall–Kier alpha value is -5.00. The molecule has 0 radical (unpaired) electrons. The fourth-order valence-electron chi connectivity index (χ4n) is 3.89. The summed E-state index contributed by atoms with van der Waals surface area (Å²) in [5.74, 6) is 0.230. The summed E-state index contributed by atoms with van der Waals surface area (Å²) in [7, 11) is 0. The van der Waals surface area contributed by atoms with E-state index in [1.807, 2.05) is 48.5 Å². The number of rotatable bonds is 18. The van der Waals surface area contributed by atoms with Gasteiger partial charge in [-0.1, -0.05) is 51.3 Å². The van der Waals surface area contributed by atoms with Gasteiger partial charge in [-0.05, 0) is 63.1 Å². The molecule has 0 aliphatic heterocycles. The summed E-state index contributed by atoms with van der Waals surface area (Å²) in [6.07, 6.45) is -2.30. The van der Waals surface area contributed by atoms with Gasteiger partial charge in [-0.3, -0.25) is 0 Å². The van der Waals surface area contributed by atoms with Gasteiger partial charge in [0.2, 0.25) is 0 Å². The summed E-state index contributed by atoms with van der Waals surface area (Å²) < 4.78 is 32.0. The Labute approximate surface area is 276 Å². The third-order valence-electron chi connectivity index (χ3n) is 6.64. The van der Waals surface area contributed by atoms with Crippen LogP contribution in [0.4, 0.5) is 9.59 Å². The molecule has 2 atom stereocenters. The zero-order valence-electron chi connectivity index (χ0n) is 28.0. The minimum atomic E-state index is -0.635. The lowest BCUT2D eigenvalue weighted by Gasteiger charge is -2.26. The molecule has 2 N–H and O–H groups in total. The van der Waals surface area contributed by atoms with Crippen LogP contribution >= 0.6 is 0 Å². The first-order chi connectivity index (χ1) is 22.2. The molecule has 2 aromatic carbocycles. The Bertz CT molecular complexity index is 1270. The third kappa shape index (κ3) is 13.9. The summed E-state index contributed by atoms with van der Waals surface area (Å²) in [6.45, 7) is 18.3. The molecule has 2 amide bonds. The molecule has 2 unspecified atom stereocenters. The first-order valence-electron chi connectivity index (χ1n) is 15.2. The maximum absolute atomic E-state index is 11.9. The highest BCUT2D eigenvalue weighted by molar-refractivity contribution is 5.87. The van der Waals surface area contributed by atoms with E-state index in [0.29, 0.717) is 11.5 Å². The molecule has 0 saturated heterocycles. The fourth-order valence-corrected chi connectivity index (χ4v) is 3.89. The Balaban J connectivity index is 1.76. The van der Waals surface area contributed by atoms with Crippen LogP contribution in [0, 0.1) is 0 Å². The lowest BCUT2D eigenvalue weighted by atomic mass is 9.78. The normalized spacial score (nSPS) is 12.0. The van der Waals surface area contributed by atoms with Crippen LogP contribution in [-0.2, 0) is 34.0 Å². The van der Waals surface area contributed by atoms with Gasteiger partial charge in [-0.25, -0.2) is 19.2 Å². The largest absolute Gasteiger partial charge is 0.490 e. The summed E-state index contributed by atoms with van der Waals surface area (Å²) >= 11 is 0. The van der Waals surface area contributed by atoms with Gasteiger partial charge in [0.15, 0.2) is 0 Å². The van der Waals surface area contributed by atoms with Crippen LogP contribution in [0.15, 0.2) is 72.8 Å². The molecule has 12 heteroatoms. The second-order valence-corrected chi connectivity index (χ2v) is 11.4. The van der Waals surface area contributed by atoms with Gasteiger partial charge in [0.1, 0.15) is 50.1 Å². The van der Waals surface area contributed by atoms with E-state index >= 15 is 0 Å². The van der Waals surface area contributed by atoms with Crippen molar-refractivity contribution in [1.29, 1.82) is 0 Å². The van der Waals surface area contributed by atoms with Gasteiger partial charge >= 0.3 is 24.1 Å². The number of ether oxygens (including phenoxy) is 6. The molecule has 2 rings (SSSR count). The molecular formula is C35H46N2O10. The molecule has 0 bridgehead atoms. The first-order valence-corrected chi connectivity index (χ1v) is 15.2. The van der Waals surface area contributed by atoms with Crippen molar-refractivity contribution in [3.8, 4) is 11.5 Å². The van der Waals surface area contributed by atoms with E-state index in [1.54, 1.807) is 27.7 Å². The quantitative estimate of drug-likeness (QED) is 0.0947. The zero-order chi connectivity index (χ0) is 35.0. The van der Waals surface area contributed by atoms with Crippen molar-refractivity contribution in [3.05, 3.63) is 84.0 Å². The maximum atomic E-state index is 11.9. The lowest BCUT2D eigenvalue weighted by Crippen LogP contribution is -2.33. The van der Waals surface area contributed by atoms with Gasteiger partial charge in [0.05, 0.1) is 13.1 Å².